The Balaban J connectivity index is 2.28. The highest BCUT2D eigenvalue weighted by Gasteiger charge is 2.07. The number of halogens is 2. The third kappa shape index (κ3) is 2.99. The van der Waals surface area contributed by atoms with Crippen molar-refractivity contribution >= 4 is 23.1 Å². The summed E-state index contributed by atoms with van der Waals surface area (Å²) in [6.45, 7) is 2.11. The topological polar surface area (TPSA) is 24.9 Å². The molecule has 1 aromatic carbocycles. The van der Waals surface area contributed by atoms with Crippen molar-refractivity contribution in [1.82, 2.24) is 4.98 Å². The molecule has 0 radical (unpaired) electrons. The quantitative estimate of drug-likeness (QED) is 0.875. The third-order valence-electron chi connectivity index (χ3n) is 2.60. The van der Waals surface area contributed by atoms with Crippen molar-refractivity contribution in [3.8, 4) is 0 Å². The molecule has 2 nitrogen and oxygen atoms in total. The molecule has 0 atom stereocenters. The summed E-state index contributed by atoms with van der Waals surface area (Å²) in [5.41, 5.74) is 2.03. The molecule has 1 N–H and O–H groups in total. The second-order valence-corrected chi connectivity index (χ2v) is 4.45. The van der Waals surface area contributed by atoms with Crippen molar-refractivity contribution < 1.29 is 4.39 Å². The molecule has 0 bridgehead atoms. The second-order valence-electron chi connectivity index (χ2n) is 4.02. The number of hydrogen-bond donors (Lipinski definition) is 1. The molecule has 0 aliphatic carbocycles. The minimum Gasteiger partial charge on any atom is -0.338 e. The molecule has 1 aromatic heterocycles. The molecule has 0 aliphatic heterocycles. The van der Waals surface area contributed by atoms with E-state index in [2.05, 4.69) is 17.2 Å². The average molecular weight is 265 g/mol. The smallest absolute Gasteiger partial charge is 0.167 e. The Morgan fingerprint density at radius 3 is 2.83 bits per heavy atom. The van der Waals surface area contributed by atoms with Gasteiger partial charge in [-0.1, -0.05) is 43.1 Å². The summed E-state index contributed by atoms with van der Waals surface area (Å²) in [7, 11) is 0. The van der Waals surface area contributed by atoms with Gasteiger partial charge in [0.15, 0.2) is 11.6 Å². The summed E-state index contributed by atoms with van der Waals surface area (Å²) in [6.07, 6.45) is 3.41. The van der Waals surface area contributed by atoms with Gasteiger partial charge in [-0.25, -0.2) is 9.37 Å². The van der Waals surface area contributed by atoms with E-state index in [1.165, 1.54) is 12.3 Å². The van der Waals surface area contributed by atoms with Gasteiger partial charge in [0.1, 0.15) is 0 Å². The van der Waals surface area contributed by atoms with Crippen molar-refractivity contribution in [3.05, 3.63) is 52.9 Å². The minimum absolute atomic E-state index is 0.197. The van der Waals surface area contributed by atoms with Crippen LogP contribution in [0.1, 0.15) is 18.9 Å². The van der Waals surface area contributed by atoms with Gasteiger partial charge in [0.05, 0.1) is 5.02 Å². The lowest BCUT2D eigenvalue weighted by Gasteiger charge is -2.11. The van der Waals surface area contributed by atoms with E-state index in [4.69, 9.17) is 11.6 Å². The molecule has 18 heavy (non-hydrogen) atoms. The van der Waals surface area contributed by atoms with Gasteiger partial charge in [-0.2, -0.15) is 0 Å². The highest BCUT2D eigenvalue weighted by molar-refractivity contribution is 6.30. The molecule has 0 spiro atoms. The van der Waals surface area contributed by atoms with Gasteiger partial charge in [-0.15, -0.1) is 0 Å². The fourth-order valence-electron chi connectivity index (χ4n) is 1.76. The standard InChI is InChI=1S/C14H14ClFN2/c1-2-5-10-6-3-4-7-13(10)18-14-12(16)8-11(15)9-17-14/h3-4,6-9H,2,5H2,1H3,(H,17,18). The first-order valence-electron chi connectivity index (χ1n) is 5.86. The largest absolute Gasteiger partial charge is 0.338 e. The Hall–Kier alpha value is -1.61. The van der Waals surface area contributed by atoms with E-state index in [9.17, 15) is 4.39 Å². The maximum atomic E-state index is 13.6. The molecule has 4 heteroatoms. The maximum Gasteiger partial charge on any atom is 0.167 e. The van der Waals surface area contributed by atoms with E-state index in [0.717, 1.165) is 24.1 Å². The molecule has 94 valence electrons. The number of hydrogen-bond acceptors (Lipinski definition) is 2. The zero-order valence-corrected chi connectivity index (χ0v) is 10.8. The van der Waals surface area contributed by atoms with E-state index in [1.807, 2.05) is 24.3 Å². The molecule has 0 amide bonds. The first-order valence-corrected chi connectivity index (χ1v) is 6.24. The molecule has 0 aliphatic rings. The third-order valence-corrected chi connectivity index (χ3v) is 2.80. The lowest BCUT2D eigenvalue weighted by Crippen LogP contribution is -2.00. The summed E-state index contributed by atoms with van der Waals surface area (Å²) in [5.74, 6) is -0.253. The van der Waals surface area contributed by atoms with E-state index in [-0.39, 0.29) is 5.82 Å². The highest BCUT2D eigenvalue weighted by atomic mass is 35.5. The molecule has 1 heterocycles. The summed E-state index contributed by atoms with van der Waals surface area (Å²) in [6, 6.07) is 9.08. The molecule has 2 rings (SSSR count). The van der Waals surface area contributed by atoms with Crippen LogP contribution in [0.4, 0.5) is 15.9 Å². The van der Waals surface area contributed by atoms with Crippen LogP contribution in [0.3, 0.4) is 0 Å². The Kier molecular flexibility index (Phi) is 4.15. The van der Waals surface area contributed by atoms with E-state index in [1.54, 1.807) is 0 Å². The first-order chi connectivity index (χ1) is 8.70. The number of nitrogens with zero attached hydrogens (tertiary/aromatic N) is 1. The van der Waals surface area contributed by atoms with E-state index < -0.39 is 5.82 Å². The van der Waals surface area contributed by atoms with Crippen molar-refractivity contribution in [3.63, 3.8) is 0 Å². The van der Waals surface area contributed by atoms with Crippen LogP contribution in [0.15, 0.2) is 36.5 Å². The van der Waals surface area contributed by atoms with Gasteiger partial charge < -0.3 is 5.32 Å². The molecule has 2 aromatic rings. The van der Waals surface area contributed by atoms with Crippen LogP contribution in [-0.2, 0) is 6.42 Å². The predicted octanol–water partition coefficient (Wildman–Crippen LogP) is 4.57. The Morgan fingerprint density at radius 2 is 2.11 bits per heavy atom. The fourth-order valence-corrected chi connectivity index (χ4v) is 1.91. The normalized spacial score (nSPS) is 10.4. The van der Waals surface area contributed by atoms with Crippen LogP contribution in [0.25, 0.3) is 0 Å². The number of pyridine rings is 1. The van der Waals surface area contributed by atoms with Crippen LogP contribution in [0.5, 0.6) is 0 Å². The lowest BCUT2D eigenvalue weighted by atomic mass is 10.1. The number of rotatable bonds is 4. The molecular weight excluding hydrogens is 251 g/mol. The van der Waals surface area contributed by atoms with Crippen LogP contribution >= 0.6 is 11.6 Å². The highest BCUT2D eigenvalue weighted by Crippen LogP contribution is 2.23. The van der Waals surface area contributed by atoms with Gasteiger partial charge in [-0.3, -0.25) is 0 Å². The first kappa shape index (κ1) is 12.8. The number of anilines is 2. The fraction of sp³-hybridized carbons (Fsp3) is 0.214. The zero-order chi connectivity index (χ0) is 13.0. The second kappa shape index (κ2) is 5.83. The van der Waals surface area contributed by atoms with Gasteiger partial charge in [-0.05, 0) is 24.1 Å². The SMILES string of the molecule is CCCc1ccccc1Nc1ncc(Cl)cc1F. The van der Waals surface area contributed by atoms with Crippen molar-refractivity contribution in [2.24, 2.45) is 0 Å². The molecule has 0 saturated carbocycles. The summed E-state index contributed by atoms with van der Waals surface area (Å²) >= 11 is 5.67. The van der Waals surface area contributed by atoms with E-state index in [0.29, 0.717) is 5.02 Å². The van der Waals surface area contributed by atoms with E-state index >= 15 is 0 Å². The Labute approximate surface area is 111 Å². The number of benzene rings is 1. The molecular formula is C14H14ClFN2. The monoisotopic (exact) mass is 264 g/mol. The zero-order valence-electron chi connectivity index (χ0n) is 10.1. The van der Waals surface area contributed by atoms with Gasteiger partial charge in [0.2, 0.25) is 0 Å². The minimum atomic E-state index is -0.450. The summed E-state index contributed by atoms with van der Waals surface area (Å²) < 4.78 is 13.6. The molecule has 0 unspecified atom stereocenters. The van der Waals surface area contributed by atoms with Crippen LogP contribution in [0, 0.1) is 5.82 Å². The Morgan fingerprint density at radius 1 is 1.33 bits per heavy atom. The average Bonchev–Trinajstić information content (AvgIpc) is 2.35. The number of aryl methyl sites for hydroxylation is 1. The Bertz CT molecular complexity index is 543. The lowest BCUT2D eigenvalue weighted by molar-refractivity contribution is 0.626. The summed E-state index contributed by atoms with van der Waals surface area (Å²) in [4.78, 5) is 3.96. The van der Waals surface area contributed by atoms with Crippen molar-refractivity contribution in [2.45, 2.75) is 19.8 Å². The van der Waals surface area contributed by atoms with Crippen molar-refractivity contribution in [1.29, 1.82) is 0 Å². The number of nitrogens with one attached hydrogen (secondary N) is 1. The number of aromatic nitrogens is 1. The van der Waals surface area contributed by atoms with Crippen LogP contribution in [-0.4, -0.2) is 4.98 Å². The number of para-hydroxylation sites is 1. The molecule has 0 saturated heterocycles. The van der Waals surface area contributed by atoms with Crippen LogP contribution in [0.2, 0.25) is 5.02 Å². The van der Waals surface area contributed by atoms with Gasteiger partial charge in [0.25, 0.3) is 0 Å². The van der Waals surface area contributed by atoms with Crippen molar-refractivity contribution in [2.75, 3.05) is 5.32 Å². The van der Waals surface area contributed by atoms with Gasteiger partial charge >= 0.3 is 0 Å². The summed E-state index contributed by atoms with van der Waals surface area (Å²) in [5, 5.41) is 3.30. The molecule has 0 fully saturated rings. The predicted molar refractivity (Wildman–Crippen MR) is 72.9 cm³/mol. The maximum absolute atomic E-state index is 13.6. The van der Waals surface area contributed by atoms with Gasteiger partial charge in [0, 0.05) is 11.9 Å². The van der Waals surface area contributed by atoms with Crippen LogP contribution < -0.4 is 5.32 Å².